The first-order valence-corrected chi connectivity index (χ1v) is 9.79. The molecule has 0 aliphatic heterocycles. The lowest BCUT2D eigenvalue weighted by Gasteiger charge is -2.42. The molecule has 1 aromatic rings. The van der Waals surface area contributed by atoms with E-state index in [0.29, 0.717) is 24.5 Å². The Morgan fingerprint density at radius 3 is 2.64 bits per heavy atom. The van der Waals surface area contributed by atoms with Crippen LogP contribution in [0, 0.1) is 11.7 Å². The molecular formula is C20H28FN3O4. The number of nitrogens with one attached hydrogen (secondary N) is 2. The van der Waals surface area contributed by atoms with Gasteiger partial charge in [-0.05, 0) is 57.6 Å². The number of hydrogen-bond acceptors (Lipinski definition) is 4. The zero-order chi connectivity index (χ0) is 20.3. The van der Waals surface area contributed by atoms with Gasteiger partial charge in [-0.1, -0.05) is 0 Å². The number of carbonyl (C=O) groups excluding carboxylic acids is 1. The molecule has 8 heteroatoms. The lowest BCUT2D eigenvalue weighted by atomic mass is 9.85. The topological polar surface area (TPSA) is 90.9 Å². The number of carboxylic acids is 1. The summed E-state index contributed by atoms with van der Waals surface area (Å²) in [7, 11) is 0. The predicted molar refractivity (Wildman–Crippen MR) is 103 cm³/mol. The van der Waals surface area contributed by atoms with Gasteiger partial charge in [0, 0.05) is 24.7 Å². The molecule has 0 saturated heterocycles. The van der Waals surface area contributed by atoms with Crippen molar-refractivity contribution in [2.75, 3.05) is 18.4 Å². The van der Waals surface area contributed by atoms with Crippen molar-refractivity contribution in [2.24, 2.45) is 5.92 Å². The van der Waals surface area contributed by atoms with Crippen LogP contribution in [0.1, 0.15) is 39.5 Å². The summed E-state index contributed by atoms with van der Waals surface area (Å²) in [6, 6.07) is 3.74. The summed E-state index contributed by atoms with van der Waals surface area (Å²) >= 11 is 0. The summed E-state index contributed by atoms with van der Waals surface area (Å²) in [5.74, 6) is -0.254. The summed E-state index contributed by atoms with van der Waals surface area (Å²) in [4.78, 5) is 25.4. The molecule has 0 spiro atoms. The number of ether oxygens (including phenoxy) is 1. The molecule has 3 rings (SSSR count). The fourth-order valence-corrected chi connectivity index (χ4v) is 3.45. The maximum absolute atomic E-state index is 13.5. The summed E-state index contributed by atoms with van der Waals surface area (Å²) in [6.07, 6.45) is 3.66. The molecule has 1 aromatic carbocycles. The molecule has 154 valence electrons. The third-order valence-electron chi connectivity index (χ3n) is 5.05. The molecule has 28 heavy (non-hydrogen) atoms. The van der Waals surface area contributed by atoms with E-state index in [4.69, 9.17) is 9.84 Å². The minimum atomic E-state index is -0.821. The molecule has 2 fully saturated rings. The van der Waals surface area contributed by atoms with Gasteiger partial charge in [-0.25, -0.2) is 9.18 Å². The minimum absolute atomic E-state index is 0.0245. The number of benzene rings is 1. The maximum Gasteiger partial charge on any atom is 0.319 e. The van der Waals surface area contributed by atoms with Crippen molar-refractivity contribution in [2.45, 2.75) is 57.7 Å². The summed E-state index contributed by atoms with van der Waals surface area (Å²) in [6.45, 7) is 4.56. The molecule has 2 aliphatic carbocycles. The average molecular weight is 393 g/mol. The van der Waals surface area contributed by atoms with Gasteiger partial charge in [0.2, 0.25) is 0 Å². The Kier molecular flexibility index (Phi) is 6.39. The molecule has 2 aliphatic rings. The number of carboxylic acid groups (broad SMARTS) is 1. The molecule has 0 bridgehead atoms. The van der Waals surface area contributed by atoms with E-state index in [2.05, 4.69) is 10.6 Å². The van der Waals surface area contributed by atoms with E-state index < -0.39 is 17.8 Å². The van der Waals surface area contributed by atoms with E-state index in [0.717, 1.165) is 6.54 Å². The van der Waals surface area contributed by atoms with Gasteiger partial charge < -0.3 is 20.5 Å². The Bertz CT molecular complexity index is 717. The van der Waals surface area contributed by atoms with Crippen molar-refractivity contribution in [3.63, 3.8) is 0 Å². The van der Waals surface area contributed by atoms with Gasteiger partial charge in [0.25, 0.3) is 0 Å². The number of amides is 2. The van der Waals surface area contributed by atoms with Crippen molar-refractivity contribution < 1.29 is 23.8 Å². The highest BCUT2D eigenvalue weighted by Crippen LogP contribution is 2.34. The average Bonchev–Trinajstić information content (AvgIpc) is 3.36. The van der Waals surface area contributed by atoms with Gasteiger partial charge in [-0.3, -0.25) is 9.69 Å². The monoisotopic (exact) mass is 393 g/mol. The summed E-state index contributed by atoms with van der Waals surface area (Å²) < 4.78 is 19.2. The molecule has 0 unspecified atom stereocenters. The van der Waals surface area contributed by atoms with E-state index in [1.54, 1.807) is 0 Å². The quantitative estimate of drug-likeness (QED) is 0.600. The molecule has 0 radical (unpaired) electrons. The van der Waals surface area contributed by atoms with E-state index in [1.165, 1.54) is 31.0 Å². The number of aliphatic carboxylic acids is 1. The van der Waals surface area contributed by atoms with Crippen LogP contribution in [0.5, 0.6) is 5.75 Å². The number of nitrogens with zero attached hydrogens (tertiary/aromatic N) is 1. The van der Waals surface area contributed by atoms with Gasteiger partial charge >= 0.3 is 12.0 Å². The Morgan fingerprint density at radius 1 is 1.32 bits per heavy atom. The first-order valence-electron chi connectivity index (χ1n) is 9.79. The molecule has 0 aromatic heterocycles. The van der Waals surface area contributed by atoms with Crippen molar-refractivity contribution >= 4 is 17.7 Å². The van der Waals surface area contributed by atoms with Crippen LogP contribution in [-0.4, -0.2) is 53.3 Å². The SMILES string of the molecule is CC(C)Oc1ccc(F)cc1NC(=O)NC1CC(N(CC(=O)O)CC2CC2)C1. The third kappa shape index (κ3) is 5.82. The van der Waals surface area contributed by atoms with Crippen LogP contribution in [0.25, 0.3) is 0 Å². The first-order chi connectivity index (χ1) is 13.3. The van der Waals surface area contributed by atoms with Crippen LogP contribution in [-0.2, 0) is 4.79 Å². The van der Waals surface area contributed by atoms with Crippen molar-refractivity contribution in [1.82, 2.24) is 10.2 Å². The highest BCUT2D eigenvalue weighted by molar-refractivity contribution is 5.91. The molecule has 2 saturated carbocycles. The number of anilines is 1. The van der Waals surface area contributed by atoms with Gasteiger partial charge in [0.05, 0.1) is 18.3 Å². The predicted octanol–water partition coefficient (Wildman–Crippen LogP) is 3.06. The first kappa shape index (κ1) is 20.4. The summed E-state index contributed by atoms with van der Waals surface area (Å²) in [5, 5.41) is 14.6. The van der Waals surface area contributed by atoms with E-state index in [9.17, 15) is 14.0 Å². The standard InChI is InChI=1S/C20H28FN3O4/c1-12(2)28-18-6-5-14(21)7-17(18)23-20(27)22-15-8-16(9-15)24(11-19(25)26)10-13-3-4-13/h5-7,12-13,15-16H,3-4,8-11H2,1-2H3,(H,25,26)(H2,22,23,27). The molecule has 3 N–H and O–H groups in total. The Balaban J connectivity index is 1.50. The molecule has 0 atom stereocenters. The normalized spacial score (nSPS) is 21.3. The van der Waals surface area contributed by atoms with Crippen LogP contribution in [0.3, 0.4) is 0 Å². The second kappa shape index (κ2) is 8.77. The maximum atomic E-state index is 13.5. The van der Waals surface area contributed by atoms with Gasteiger partial charge in [0.15, 0.2) is 0 Å². The van der Waals surface area contributed by atoms with Gasteiger partial charge in [-0.2, -0.15) is 0 Å². The molecule has 7 nitrogen and oxygen atoms in total. The second-order valence-electron chi connectivity index (χ2n) is 7.99. The zero-order valence-corrected chi connectivity index (χ0v) is 16.3. The minimum Gasteiger partial charge on any atom is -0.489 e. The molecule has 2 amide bonds. The zero-order valence-electron chi connectivity index (χ0n) is 16.3. The molecule has 0 heterocycles. The Morgan fingerprint density at radius 2 is 2.04 bits per heavy atom. The fourth-order valence-electron chi connectivity index (χ4n) is 3.45. The Labute approximate surface area is 164 Å². The second-order valence-corrected chi connectivity index (χ2v) is 7.99. The fraction of sp³-hybridized carbons (Fsp3) is 0.600. The number of carbonyl (C=O) groups is 2. The number of rotatable bonds is 9. The van der Waals surface area contributed by atoms with Crippen LogP contribution in [0.4, 0.5) is 14.9 Å². The lowest BCUT2D eigenvalue weighted by Crippen LogP contribution is -2.55. The Hall–Kier alpha value is -2.35. The van der Waals surface area contributed by atoms with E-state index in [-0.39, 0.29) is 30.4 Å². The lowest BCUT2D eigenvalue weighted by molar-refractivity contribution is -0.139. The smallest absolute Gasteiger partial charge is 0.319 e. The highest BCUT2D eigenvalue weighted by atomic mass is 19.1. The van der Waals surface area contributed by atoms with Crippen LogP contribution >= 0.6 is 0 Å². The van der Waals surface area contributed by atoms with Gasteiger partial charge in [-0.15, -0.1) is 0 Å². The van der Waals surface area contributed by atoms with E-state index in [1.807, 2.05) is 18.7 Å². The number of hydrogen-bond donors (Lipinski definition) is 3. The van der Waals surface area contributed by atoms with Crippen LogP contribution < -0.4 is 15.4 Å². The number of halogens is 1. The summed E-state index contributed by atoms with van der Waals surface area (Å²) in [5.41, 5.74) is 0.281. The van der Waals surface area contributed by atoms with Crippen LogP contribution in [0.15, 0.2) is 18.2 Å². The highest BCUT2D eigenvalue weighted by Gasteiger charge is 2.37. The van der Waals surface area contributed by atoms with Gasteiger partial charge in [0.1, 0.15) is 11.6 Å². The largest absolute Gasteiger partial charge is 0.489 e. The van der Waals surface area contributed by atoms with Crippen molar-refractivity contribution in [1.29, 1.82) is 0 Å². The van der Waals surface area contributed by atoms with Crippen LogP contribution in [0.2, 0.25) is 0 Å². The van der Waals surface area contributed by atoms with Crippen molar-refractivity contribution in [3.8, 4) is 5.75 Å². The van der Waals surface area contributed by atoms with E-state index >= 15 is 0 Å². The third-order valence-corrected chi connectivity index (χ3v) is 5.05. The molecular weight excluding hydrogens is 365 g/mol. The number of urea groups is 1. The van der Waals surface area contributed by atoms with Crippen molar-refractivity contribution in [3.05, 3.63) is 24.0 Å².